The zero-order valence-corrected chi connectivity index (χ0v) is 8.18. The first-order chi connectivity index (χ1) is 5.79. The Bertz CT molecular complexity index is 204. The number of rotatable bonds is 4. The van der Waals surface area contributed by atoms with Crippen LogP contribution in [0.15, 0.2) is 17.5 Å². The van der Waals surface area contributed by atoms with E-state index in [1.54, 1.807) is 11.3 Å². The third-order valence-corrected chi connectivity index (χ3v) is 3.38. The van der Waals surface area contributed by atoms with Gasteiger partial charge in [-0.05, 0) is 36.4 Å². The zero-order valence-electron chi connectivity index (χ0n) is 7.36. The maximum atomic E-state index is 5.61. The first-order valence-electron chi connectivity index (χ1n) is 4.23. The molecule has 0 spiro atoms. The zero-order chi connectivity index (χ0) is 8.97. The Morgan fingerprint density at radius 3 is 2.50 bits per heavy atom. The van der Waals surface area contributed by atoms with Crippen LogP contribution in [0.25, 0.3) is 0 Å². The average molecular weight is 184 g/mol. The first kappa shape index (κ1) is 9.71. The molecule has 1 aromatic heterocycles. The van der Waals surface area contributed by atoms with Gasteiger partial charge in [-0.3, -0.25) is 0 Å². The molecule has 4 N–H and O–H groups in total. The molecule has 1 heterocycles. The molecule has 0 aliphatic carbocycles. The maximum absolute atomic E-state index is 5.61. The van der Waals surface area contributed by atoms with E-state index in [0.29, 0.717) is 24.9 Å². The molecule has 12 heavy (non-hydrogen) atoms. The minimum Gasteiger partial charge on any atom is -0.330 e. The van der Waals surface area contributed by atoms with Gasteiger partial charge in [0.15, 0.2) is 0 Å². The van der Waals surface area contributed by atoms with Crippen molar-refractivity contribution in [2.75, 3.05) is 13.1 Å². The molecule has 0 saturated carbocycles. The van der Waals surface area contributed by atoms with Crippen LogP contribution in [0.5, 0.6) is 0 Å². The van der Waals surface area contributed by atoms with E-state index in [1.807, 2.05) is 0 Å². The number of hydrogen-bond acceptors (Lipinski definition) is 3. The highest BCUT2D eigenvalue weighted by atomic mass is 32.1. The van der Waals surface area contributed by atoms with Crippen LogP contribution in [-0.2, 0) is 0 Å². The second-order valence-electron chi connectivity index (χ2n) is 3.04. The van der Waals surface area contributed by atoms with E-state index in [2.05, 4.69) is 24.4 Å². The fraction of sp³-hybridized carbons (Fsp3) is 0.556. The van der Waals surface area contributed by atoms with Gasteiger partial charge in [0.1, 0.15) is 0 Å². The van der Waals surface area contributed by atoms with E-state index < -0.39 is 0 Å². The van der Waals surface area contributed by atoms with Gasteiger partial charge in [-0.1, -0.05) is 13.0 Å². The summed E-state index contributed by atoms with van der Waals surface area (Å²) < 4.78 is 0. The van der Waals surface area contributed by atoms with Crippen LogP contribution in [-0.4, -0.2) is 13.1 Å². The van der Waals surface area contributed by atoms with Crippen LogP contribution in [0.4, 0.5) is 0 Å². The van der Waals surface area contributed by atoms with Crippen LogP contribution < -0.4 is 11.5 Å². The molecule has 0 radical (unpaired) electrons. The molecule has 68 valence electrons. The highest BCUT2D eigenvalue weighted by Gasteiger charge is 2.16. The van der Waals surface area contributed by atoms with Crippen molar-refractivity contribution in [2.45, 2.75) is 12.8 Å². The quantitative estimate of drug-likeness (QED) is 0.743. The van der Waals surface area contributed by atoms with Crippen molar-refractivity contribution in [1.29, 1.82) is 0 Å². The van der Waals surface area contributed by atoms with Gasteiger partial charge in [-0.2, -0.15) is 0 Å². The topological polar surface area (TPSA) is 52.0 Å². The predicted molar refractivity (Wildman–Crippen MR) is 54.3 cm³/mol. The third kappa shape index (κ3) is 2.06. The fourth-order valence-electron chi connectivity index (χ4n) is 1.29. The van der Waals surface area contributed by atoms with Crippen LogP contribution in [0, 0.1) is 5.92 Å². The Morgan fingerprint density at radius 2 is 2.08 bits per heavy atom. The molecule has 0 bridgehead atoms. The summed E-state index contributed by atoms with van der Waals surface area (Å²) in [7, 11) is 0. The lowest BCUT2D eigenvalue weighted by Gasteiger charge is -2.19. The van der Waals surface area contributed by atoms with E-state index in [9.17, 15) is 0 Å². The highest BCUT2D eigenvalue weighted by molar-refractivity contribution is 7.10. The lowest BCUT2D eigenvalue weighted by molar-refractivity contribution is 0.472. The minimum absolute atomic E-state index is 0.420. The van der Waals surface area contributed by atoms with Crippen molar-refractivity contribution in [3.8, 4) is 0 Å². The molecule has 1 atom stereocenters. The average Bonchev–Trinajstić information content (AvgIpc) is 2.58. The monoisotopic (exact) mass is 184 g/mol. The summed E-state index contributed by atoms with van der Waals surface area (Å²) in [6, 6.07) is 4.22. The summed E-state index contributed by atoms with van der Waals surface area (Å²) in [4.78, 5) is 1.39. The summed E-state index contributed by atoms with van der Waals surface area (Å²) in [5.74, 6) is 0.920. The summed E-state index contributed by atoms with van der Waals surface area (Å²) in [5.41, 5.74) is 11.2. The molecular formula is C9H16N2S. The third-order valence-electron chi connectivity index (χ3n) is 2.30. The van der Waals surface area contributed by atoms with Crippen molar-refractivity contribution in [1.82, 2.24) is 0 Å². The Labute approximate surface area is 77.6 Å². The van der Waals surface area contributed by atoms with E-state index in [0.717, 1.165) is 0 Å². The van der Waals surface area contributed by atoms with E-state index in [4.69, 9.17) is 11.5 Å². The normalized spacial score (nSPS) is 13.7. The SMILES string of the molecule is CC(c1cccs1)C(CN)CN. The van der Waals surface area contributed by atoms with Gasteiger partial charge in [0.25, 0.3) is 0 Å². The molecule has 3 heteroatoms. The molecule has 2 nitrogen and oxygen atoms in total. The second-order valence-corrected chi connectivity index (χ2v) is 4.01. The number of nitrogens with two attached hydrogens (primary N) is 2. The lowest BCUT2D eigenvalue weighted by Crippen LogP contribution is -2.27. The summed E-state index contributed by atoms with van der Waals surface area (Å²) in [6.45, 7) is 3.54. The van der Waals surface area contributed by atoms with E-state index in [1.165, 1.54) is 4.88 Å². The largest absolute Gasteiger partial charge is 0.330 e. The molecule has 0 amide bonds. The van der Waals surface area contributed by atoms with Crippen molar-refractivity contribution >= 4 is 11.3 Å². The van der Waals surface area contributed by atoms with Crippen molar-refractivity contribution in [3.05, 3.63) is 22.4 Å². The van der Waals surface area contributed by atoms with Gasteiger partial charge in [-0.15, -0.1) is 11.3 Å². The van der Waals surface area contributed by atoms with Gasteiger partial charge in [0.05, 0.1) is 0 Å². The summed E-state index contributed by atoms with van der Waals surface area (Å²) >= 11 is 1.78. The number of thiophene rings is 1. The van der Waals surface area contributed by atoms with Crippen molar-refractivity contribution in [2.24, 2.45) is 17.4 Å². The second kappa shape index (κ2) is 4.60. The Hall–Kier alpha value is -0.380. The highest BCUT2D eigenvalue weighted by Crippen LogP contribution is 2.26. The van der Waals surface area contributed by atoms with Crippen LogP contribution in [0.1, 0.15) is 17.7 Å². The smallest absolute Gasteiger partial charge is 0.00771 e. The molecule has 0 saturated heterocycles. The maximum Gasteiger partial charge on any atom is 0.00771 e. The van der Waals surface area contributed by atoms with Gasteiger partial charge in [0, 0.05) is 4.88 Å². The minimum atomic E-state index is 0.420. The Kier molecular flexibility index (Phi) is 3.72. The van der Waals surface area contributed by atoms with Gasteiger partial charge < -0.3 is 11.5 Å². The lowest BCUT2D eigenvalue weighted by atomic mass is 9.93. The predicted octanol–water partition coefficient (Wildman–Crippen LogP) is 1.39. The Morgan fingerprint density at radius 1 is 1.42 bits per heavy atom. The molecule has 0 fully saturated rings. The summed E-state index contributed by atoms with van der Waals surface area (Å²) in [5, 5.41) is 2.09. The first-order valence-corrected chi connectivity index (χ1v) is 5.11. The van der Waals surface area contributed by atoms with Gasteiger partial charge in [0.2, 0.25) is 0 Å². The van der Waals surface area contributed by atoms with Gasteiger partial charge in [-0.25, -0.2) is 0 Å². The molecule has 1 unspecified atom stereocenters. The molecule has 0 aliphatic rings. The van der Waals surface area contributed by atoms with E-state index in [-0.39, 0.29) is 0 Å². The molecular weight excluding hydrogens is 168 g/mol. The molecule has 0 aliphatic heterocycles. The molecule has 1 aromatic rings. The van der Waals surface area contributed by atoms with Gasteiger partial charge >= 0.3 is 0 Å². The van der Waals surface area contributed by atoms with Crippen LogP contribution >= 0.6 is 11.3 Å². The molecule has 0 aromatic carbocycles. The number of hydrogen-bond donors (Lipinski definition) is 2. The van der Waals surface area contributed by atoms with Crippen molar-refractivity contribution < 1.29 is 0 Å². The van der Waals surface area contributed by atoms with Crippen molar-refractivity contribution in [3.63, 3.8) is 0 Å². The van der Waals surface area contributed by atoms with E-state index >= 15 is 0 Å². The van der Waals surface area contributed by atoms with Crippen LogP contribution in [0.3, 0.4) is 0 Å². The van der Waals surface area contributed by atoms with Crippen LogP contribution in [0.2, 0.25) is 0 Å². The standard InChI is InChI=1S/C9H16N2S/c1-7(8(5-10)6-11)9-3-2-4-12-9/h2-4,7-8H,5-6,10-11H2,1H3. The summed E-state index contributed by atoms with van der Waals surface area (Å²) in [6.07, 6.45) is 0. The molecule has 1 rings (SSSR count). The fourth-order valence-corrected chi connectivity index (χ4v) is 2.17. The Balaban J connectivity index is 2.63.